The molecule has 0 aliphatic rings. The number of hydrogen-bond acceptors (Lipinski definition) is 4. The first-order valence-electron chi connectivity index (χ1n) is 9.27. The van der Waals surface area contributed by atoms with Crippen molar-refractivity contribution in [1.82, 2.24) is 5.32 Å². The van der Waals surface area contributed by atoms with Crippen molar-refractivity contribution in [2.24, 2.45) is 0 Å². The fourth-order valence-corrected chi connectivity index (χ4v) is 2.70. The molecule has 2 rings (SSSR count). The maximum absolute atomic E-state index is 12.5. The van der Waals surface area contributed by atoms with Crippen LogP contribution >= 0.6 is 0 Å². The minimum absolute atomic E-state index is 0.00480. The van der Waals surface area contributed by atoms with E-state index >= 15 is 0 Å². The van der Waals surface area contributed by atoms with Crippen molar-refractivity contribution >= 4 is 17.7 Å². The van der Waals surface area contributed by atoms with E-state index in [9.17, 15) is 14.4 Å². The Kier molecular flexibility index (Phi) is 6.73. The number of Topliss-reactive ketones (excluding diaryl/α,β-unsaturated/α-hetero) is 1. The SMILES string of the molecule is Cc1cccc(C(=O)NCC(=O)O[C@@H](C)C(=O)c2ccc(C(C)(C)C)cc2)c1. The van der Waals surface area contributed by atoms with Crippen LogP contribution in [0, 0.1) is 6.92 Å². The summed E-state index contributed by atoms with van der Waals surface area (Å²) in [5, 5.41) is 2.51. The van der Waals surface area contributed by atoms with Gasteiger partial charge in [-0.3, -0.25) is 14.4 Å². The Morgan fingerprint density at radius 1 is 1.00 bits per heavy atom. The fraction of sp³-hybridized carbons (Fsp3) is 0.348. The van der Waals surface area contributed by atoms with E-state index in [1.165, 1.54) is 6.92 Å². The second-order valence-electron chi connectivity index (χ2n) is 7.88. The number of ketones is 1. The van der Waals surface area contributed by atoms with E-state index in [1.807, 2.05) is 25.1 Å². The van der Waals surface area contributed by atoms with Crippen molar-refractivity contribution in [2.45, 2.75) is 46.1 Å². The van der Waals surface area contributed by atoms with Crippen LogP contribution in [0.15, 0.2) is 48.5 Å². The zero-order valence-corrected chi connectivity index (χ0v) is 17.0. The second-order valence-corrected chi connectivity index (χ2v) is 7.88. The van der Waals surface area contributed by atoms with Crippen LogP contribution in [0.5, 0.6) is 0 Å². The molecule has 0 heterocycles. The highest BCUT2D eigenvalue weighted by Crippen LogP contribution is 2.22. The maximum atomic E-state index is 12.5. The third-order valence-electron chi connectivity index (χ3n) is 4.39. The number of hydrogen-bond donors (Lipinski definition) is 1. The molecule has 0 aromatic heterocycles. The van der Waals surface area contributed by atoms with Crippen LogP contribution in [0.2, 0.25) is 0 Å². The van der Waals surface area contributed by atoms with Crippen LogP contribution in [-0.2, 0) is 14.9 Å². The lowest BCUT2D eigenvalue weighted by atomic mass is 9.86. The van der Waals surface area contributed by atoms with Crippen molar-refractivity contribution in [1.29, 1.82) is 0 Å². The average Bonchev–Trinajstić information content (AvgIpc) is 2.64. The summed E-state index contributed by atoms with van der Waals surface area (Å²) in [6, 6.07) is 14.4. The minimum atomic E-state index is -0.927. The Balaban J connectivity index is 1.89. The molecule has 0 radical (unpaired) electrons. The van der Waals surface area contributed by atoms with Gasteiger partial charge in [-0.1, -0.05) is 62.7 Å². The van der Waals surface area contributed by atoms with Gasteiger partial charge in [-0.2, -0.15) is 0 Å². The van der Waals surface area contributed by atoms with Crippen LogP contribution in [0.4, 0.5) is 0 Å². The molecule has 1 N–H and O–H groups in total. The molecule has 0 spiro atoms. The lowest BCUT2D eigenvalue weighted by Crippen LogP contribution is -2.34. The molecule has 1 atom stereocenters. The summed E-state index contributed by atoms with van der Waals surface area (Å²) in [6.07, 6.45) is -0.927. The second kappa shape index (κ2) is 8.83. The van der Waals surface area contributed by atoms with Crippen molar-refractivity contribution in [3.05, 3.63) is 70.8 Å². The molecule has 148 valence electrons. The van der Waals surface area contributed by atoms with E-state index in [1.54, 1.807) is 30.3 Å². The monoisotopic (exact) mass is 381 g/mol. The zero-order valence-electron chi connectivity index (χ0n) is 17.0. The lowest BCUT2D eigenvalue weighted by molar-refractivity contribution is -0.145. The molecule has 2 aromatic carbocycles. The first-order valence-corrected chi connectivity index (χ1v) is 9.27. The third-order valence-corrected chi connectivity index (χ3v) is 4.39. The first kappa shape index (κ1) is 21.4. The predicted molar refractivity (Wildman–Crippen MR) is 109 cm³/mol. The molecule has 0 fully saturated rings. The number of ether oxygens (including phenoxy) is 1. The Bertz CT molecular complexity index is 863. The van der Waals surface area contributed by atoms with Gasteiger partial charge in [0.25, 0.3) is 5.91 Å². The fourth-order valence-electron chi connectivity index (χ4n) is 2.70. The summed E-state index contributed by atoms with van der Waals surface area (Å²) in [7, 11) is 0. The molecule has 28 heavy (non-hydrogen) atoms. The van der Waals surface area contributed by atoms with E-state index in [0.717, 1.165) is 11.1 Å². The zero-order chi connectivity index (χ0) is 20.9. The van der Waals surface area contributed by atoms with Gasteiger partial charge in [-0.25, -0.2) is 0 Å². The summed E-state index contributed by atoms with van der Waals surface area (Å²) in [4.78, 5) is 36.5. The third kappa shape index (κ3) is 5.78. The molecule has 5 nitrogen and oxygen atoms in total. The number of esters is 1. The standard InChI is InChI=1S/C23H27NO4/c1-15-7-6-8-18(13-15)22(27)24-14-20(25)28-16(2)21(26)17-9-11-19(12-10-17)23(3,4)5/h6-13,16H,14H2,1-5H3,(H,24,27)/t16-/m0/s1. The van der Waals surface area contributed by atoms with Crippen LogP contribution in [0.3, 0.4) is 0 Å². The van der Waals surface area contributed by atoms with Gasteiger partial charge < -0.3 is 10.1 Å². The predicted octanol–water partition coefficient (Wildman–Crippen LogP) is 3.84. The van der Waals surface area contributed by atoms with Crippen LogP contribution < -0.4 is 5.32 Å². The van der Waals surface area contributed by atoms with E-state index in [4.69, 9.17) is 4.74 Å². The Hall–Kier alpha value is -2.95. The van der Waals surface area contributed by atoms with Gasteiger partial charge in [0, 0.05) is 11.1 Å². The molecule has 0 aliphatic carbocycles. The van der Waals surface area contributed by atoms with Crippen molar-refractivity contribution in [3.8, 4) is 0 Å². The van der Waals surface area contributed by atoms with E-state index < -0.39 is 12.1 Å². The Labute approximate surface area is 166 Å². The molecule has 0 saturated heterocycles. The number of carbonyl (C=O) groups excluding carboxylic acids is 3. The molecule has 0 saturated carbocycles. The quantitative estimate of drug-likeness (QED) is 0.610. The Morgan fingerprint density at radius 2 is 1.64 bits per heavy atom. The number of rotatable bonds is 6. The van der Waals surface area contributed by atoms with E-state index in [2.05, 4.69) is 26.1 Å². The molecular formula is C23H27NO4. The summed E-state index contributed by atoms with van der Waals surface area (Å²) in [5.74, 6) is -1.30. The number of nitrogens with one attached hydrogen (secondary N) is 1. The highest BCUT2D eigenvalue weighted by Gasteiger charge is 2.21. The maximum Gasteiger partial charge on any atom is 0.326 e. The molecular weight excluding hydrogens is 354 g/mol. The van der Waals surface area contributed by atoms with E-state index in [-0.39, 0.29) is 23.7 Å². The van der Waals surface area contributed by atoms with Gasteiger partial charge in [-0.15, -0.1) is 0 Å². The van der Waals surface area contributed by atoms with Gasteiger partial charge in [0.1, 0.15) is 6.54 Å². The Morgan fingerprint density at radius 3 is 2.21 bits per heavy atom. The molecule has 2 aromatic rings. The number of carbonyl (C=O) groups is 3. The van der Waals surface area contributed by atoms with Crippen LogP contribution in [0.1, 0.15) is 59.5 Å². The van der Waals surface area contributed by atoms with Crippen LogP contribution in [-0.4, -0.2) is 30.3 Å². The van der Waals surface area contributed by atoms with Crippen molar-refractivity contribution in [3.63, 3.8) is 0 Å². The molecule has 0 aliphatic heterocycles. The molecule has 1 amide bonds. The molecule has 5 heteroatoms. The number of aryl methyl sites for hydroxylation is 1. The summed E-state index contributed by atoms with van der Waals surface area (Å²) < 4.78 is 5.17. The minimum Gasteiger partial charge on any atom is -0.453 e. The molecule has 0 unspecified atom stereocenters. The smallest absolute Gasteiger partial charge is 0.326 e. The highest BCUT2D eigenvalue weighted by molar-refractivity contribution is 6.00. The highest BCUT2D eigenvalue weighted by atomic mass is 16.5. The van der Waals surface area contributed by atoms with Crippen molar-refractivity contribution < 1.29 is 19.1 Å². The largest absolute Gasteiger partial charge is 0.453 e. The first-order chi connectivity index (χ1) is 13.1. The van der Waals surface area contributed by atoms with Gasteiger partial charge in [0.2, 0.25) is 5.78 Å². The number of benzene rings is 2. The average molecular weight is 381 g/mol. The summed E-state index contributed by atoms with van der Waals surface area (Å²) >= 11 is 0. The number of amides is 1. The van der Waals surface area contributed by atoms with Gasteiger partial charge in [0.15, 0.2) is 6.10 Å². The van der Waals surface area contributed by atoms with Gasteiger partial charge in [0.05, 0.1) is 0 Å². The van der Waals surface area contributed by atoms with Crippen molar-refractivity contribution in [2.75, 3.05) is 6.54 Å². The van der Waals surface area contributed by atoms with Crippen LogP contribution in [0.25, 0.3) is 0 Å². The van der Waals surface area contributed by atoms with Gasteiger partial charge >= 0.3 is 5.97 Å². The topological polar surface area (TPSA) is 72.5 Å². The normalized spacial score (nSPS) is 12.2. The molecule has 0 bridgehead atoms. The van der Waals surface area contributed by atoms with E-state index in [0.29, 0.717) is 11.1 Å². The summed E-state index contributed by atoms with van der Waals surface area (Å²) in [6.45, 7) is 9.40. The van der Waals surface area contributed by atoms with Gasteiger partial charge in [-0.05, 0) is 37.0 Å². The summed E-state index contributed by atoms with van der Waals surface area (Å²) in [5.41, 5.74) is 3.02. The lowest BCUT2D eigenvalue weighted by Gasteiger charge is -2.19.